The van der Waals surface area contributed by atoms with Gasteiger partial charge in [-0.1, -0.05) is 0 Å². The maximum Gasteiger partial charge on any atom is 0.355 e. The molecule has 1 N–H and O–H groups in total. The zero-order chi connectivity index (χ0) is 15.7. The van der Waals surface area contributed by atoms with Gasteiger partial charge in [-0.2, -0.15) is 0 Å². The number of carbonyl (C=O) groups is 2. The number of nitrogens with one attached hydrogen (secondary N) is 1. The molecular weight excluding hydrogens is 308 g/mol. The molecule has 2 heterocycles. The normalized spacial score (nSPS) is 23.2. The number of aromatic amines is 1. The van der Waals surface area contributed by atoms with Gasteiger partial charge in [0.1, 0.15) is 5.69 Å². The van der Waals surface area contributed by atoms with E-state index in [1.807, 2.05) is 0 Å². The molecule has 1 aliphatic carbocycles. The molecule has 22 heavy (non-hydrogen) atoms. The van der Waals surface area contributed by atoms with Gasteiger partial charge in [0.15, 0.2) is 16.4 Å². The van der Waals surface area contributed by atoms with E-state index < -0.39 is 15.8 Å². The Labute approximate surface area is 128 Å². The molecule has 0 bridgehead atoms. The Morgan fingerprint density at radius 3 is 2.59 bits per heavy atom. The number of rotatable bonds is 5. The number of amides is 1. The number of hydrogen-bond acceptors (Lipinski definition) is 5. The first-order valence-corrected chi connectivity index (χ1v) is 9.10. The Bertz CT molecular complexity index is 663. The average Bonchev–Trinajstić information content (AvgIpc) is 3.00. The van der Waals surface area contributed by atoms with Crippen LogP contribution in [0.15, 0.2) is 18.3 Å². The molecule has 1 aromatic heterocycles. The first-order valence-electron chi connectivity index (χ1n) is 7.28. The van der Waals surface area contributed by atoms with Crippen molar-refractivity contribution in [2.45, 2.75) is 31.3 Å². The Morgan fingerprint density at radius 2 is 2.05 bits per heavy atom. The molecule has 0 unspecified atom stereocenters. The summed E-state index contributed by atoms with van der Waals surface area (Å²) in [7, 11) is -3.05. The van der Waals surface area contributed by atoms with Crippen LogP contribution < -0.4 is 0 Å². The molecule has 1 aromatic rings. The third-order valence-electron chi connectivity index (χ3n) is 3.97. The Morgan fingerprint density at radius 1 is 1.27 bits per heavy atom. The third kappa shape index (κ3) is 3.32. The highest BCUT2D eigenvalue weighted by molar-refractivity contribution is 7.91. The second kappa shape index (κ2) is 5.75. The van der Waals surface area contributed by atoms with Crippen LogP contribution in [0.25, 0.3) is 0 Å². The van der Waals surface area contributed by atoms with Gasteiger partial charge in [0.2, 0.25) is 0 Å². The van der Waals surface area contributed by atoms with E-state index in [1.54, 1.807) is 23.2 Å². The maximum absolute atomic E-state index is 12.3. The summed E-state index contributed by atoms with van der Waals surface area (Å²) in [6.07, 6.45) is 3.83. The van der Waals surface area contributed by atoms with Crippen LogP contribution in [0.4, 0.5) is 0 Å². The predicted octanol–water partition coefficient (Wildman–Crippen LogP) is 0.350. The summed E-state index contributed by atoms with van der Waals surface area (Å²) < 4.78 is 28.2. The highest BCUT2D eigenvalue weighted by Gasteiger charge is 2.42. The van der Waals surface area contributed by atoms with E-state index in [9.17, 15) is 18.0 Å². The molecule has 1 atom stereocenters. The van der Waals surface area contributed by atoms with Crippen LogP contribution in [0, 0.1) is 0 Å². The lowest BCUT2D eigenvalue weighted by molar-refractivity contribution is -0.137. The minimum Gasteiger partial charge on any atom is -0.451 e. The van der Waals surface area contributed by atoms with Gasteiger partial charge in [-0.3, -0.25) is 4.79 Å². The van der Waals surface area contributed by atoms with E-state index in [0.29, 0.717) is 6.42 Å². The minimum absolute atomic E-state index is 0.0137. The molecule has 3 rings (SSSR count). The molecule has 7 nitrogen and oxygen atoms in total. The van der Waals surface area contributed by atoms with Crippen LogP contribution >= 0.6 is 0 Å². The first kappa shape index (κ1) is 15.1. The van der Waals surface area contributed by atoms with Gasteiger partial charge in [-0.05, 0) is 31.4 Å². The van der Waals surface area contributed by atoms with Gasteiger partial charge in [0, 0.05) is 18.3 Å². The lowest BCUT2D eigenvalue weighted by atomic mass is 10.2. The molecule has 0 aromatic carbocycles. The minimum atomic E-state index is -3.05. The number of hydrogen-bond donors (Lipinski definition) is 1. The first-order chi connectivity index (χ1) is 10.5. The Hall–Kier alpha value is -1.83. The zero-order valence-electron chi connectivity index (χ0n) is 12.0. The number of ether oxygens (including phenoxy) is 1. The van der Waals surface area contributed by atoms with Gasteiger partial charge >= 0.3 is 5.97 Å². The number of esters is 1. The second-order valence-electron chi connectivity index (χ2n) is 5.75. The molecule has 0 spiro atoms. The Kier molecular flexibility index (Phi) is 3.94. The average molecular weight is 326 g/mol. The van der Waals surface area contributed by atoms with Crippen molar-refractivity contribution >= 4 is 21.7 Å². The number of nitrogens with zero attached hydrogens (tertiary/aromatic N) is 1. The molecule has 8 heteroatoms. The number of H-pyrrole nitrogens is 1. The van der Waals surface area contributed by atoms with Crippen LogP contribution in [0.3, 0.4) is 0 Å². The van der Waals surface area contributed by atoms with E-state index in [0.717, 1.165) is 12.8 Å². The van der Waals surface area contributed by atoms with Gasteiger partial charge in [0.25, 0.3) is 5.91 Å². The molecular formula is C14H18N2O5S. The summed E-state index contributed by atoms with van der Waals surface area (Å²) >= 11 is 0. The van der Waals surface area contributed by atoms with Crippen molar-refractivity contribution in [3.63, 3.8) is 0 Å². The molecule has 120 valence electrons. The lowest BCUT2D eigenvalue weighted by Crippen LogP contribution is -2.44. The maximum atomic E-state index is 12.3. The van der Waals surface area contributed by atoms with E-state index >= 15 is 0 Å². The van der Waals surface area contributed by atoms with Gasteiger partial charge in [-0.25, -0.2) is 13.2 Å². The SMILES string of the molecule is O=C(OCC(=O)N(C1CC1)[C@H]1CCS(=O)(=O)C1)c1ccc[nH]1. The van der Waals surface area contributed by atoms with Gasteiger partial charge in [-0.15, -0.1) is 0 Å². The molecule has 2 aliphatic rings. The summed E-state index contributed by atoms with van der Waals surface area (Å²) in [5.41, 5.74) is 0.286. The smallest absolute Gasteiger partial charge is 0.355 e. The molecule has 0 radical (unpaired) electrons. The lowest BCUT2D eigenvalue weighted by Gasteiger charge is -2.28. The van der Waals surface area contributed by atoms with Crippen molar-refractivity contribution in [3.05, 3.63) is 24.0 Å². The van der Waals surface area contributed by atoms with E-state index in [-0.39, 0.29) is 41.8 Å². The van der Waals surface area contributed by atoms with Crippen molar-refractivity contribution in [2.24, 2.45) is 0 Å². The number of sulfone groups is 1. The van der Waals surface area contributed by atoms with E-state index in [1.165, 1.54) is 0 Å². The molecule has 1 saturated heterocycles. The van der Waals surface area contributed by atoms with E-state index in [4.69, 9.17) is 4.74 Å². The summed E-state index contributed by atoms with van der Waals surface area (Å²) in [5, 5.41) is 0. The van der Waals surface area contributed by atoms with Crippen LogP contribution in [0.1, 0.15) is 29.8 Å². The van der Waals surface area contributed by atoms with Gasteiger partial charge in [0.05, 0.1) is 11.5 Å². The van der Waals surface area contributed by atoms with Crippen molar-refractivity contribution in [1.29, 1.82) is 0 Å². The summed E-state index contributed by atoms with van der Waals surface area (Å²) in [6, 6.07) is 3.04. The van der Waals surface area contributed by atoms with Crippen molar-refractivity contribution in [1.82, 2.24) is 9.88 Å². The second-order valence-corrected chi connectivity index (χ2v) is 7.98. The largest absolute Gasteiger partial charge is 0.451 e. The molecule has 2 fully saturated rings. The molecule has 1 aliphatic heterocycles. The summed E-state index contributed by atoms with van der Waals surface area (Å²) in [4.78, 5) is 28.4. The highest BCUT2D eigenvalue weighted by atomic mass is 32.2. The molecule has 1 amide bonds. The zero-order valence-corrected chi connectivity index (χ0v) is 12.8. The number of carbonyl (C=O) groups excluding carboxylic acids is 2. The monoisotopic (exact) mass is 326 g/mol. The number of aromatic nitrogens is 1. The molecule has 1 saturated carbocycles. The van der Waals surface area contributed by atoms with Gasteiger partial charge < -0.3 is 14.6 Å². The van der Waals surface area contributed by atoms with Crippen LogP contribution in [0.5, 0.6) is 0 Å². The fourth-order valence-electron chi connectivity index (χ4n) is 2.79. The van der Waals surface area contributed by atoms with E-state index in [2.05, 4.69) is 4.98 Å². The van der Waals surface area contributed by atoms with Crippen molar-refractivity contribution in [2.75, 3.05) is 18.1 Å². The fourth-order valence-corrected chi connectivity index (χ4v) is 4.50. The topological polar surface area (TPSA) is 96.5 Å². The van der Waals surface area contributed by atoms with Crippen molar-refractivity contribution < 1.29 is 22.7 Å². The summed E-state index contributed by atoms with van der Waals surface area (Å²) in [5.74, 6) is -0.770. The van der Waals surface area contributed by atoms with Crippen LogP contribution in [-0.2, 0) is 19.4 Å². The quantitative estimate of drug-likeness (QED) is 0.788. The summed E-state index contributed by atoms with van der Waals surface area (Å²) in [6.45, 7) is -0.356. The fraction of sp³-hybridized carbons (Fsp3) is 0.571. The highest BCUT2D eigenvalue weighted by Crippen LogP contribution is 2.32. The Balaban J connectivity index is 1.60. The van der Waals surface area contributed by atoms with Crippen LogP contribution in [0.2, 0.25) is 0 Å². The third-order valence-corrected chi connectivity index (χ3v) is 5.72. The van der Waals surface area contributed by atoms with Crippen molar-refractivity contribution in [3.8, 4) is 0 Å². The predicted molar refractivity (Wildman–Crippen MR) is 78.0 cm³/mol. The standard InChI is InChI=1S/C14H18N2O5S/c17-13(8-21-14(18)12-2-1-6-15-12)16(10-3-4-10)11-5-7-22(19,20)9-11/h1-2,6,10-11,15H,3-5,7-9H2/t11-/m0/s1. The van der Waals surface area contributed by atoms with Crippen LogP contribution in [-0.4, -0.2) is 60.4 Å².